The Morgan fingerprint density at radius 1 is 1.43 bits per heavy atom. The largest absolute Gasteiger partial charge is 0.493 e. The molecule has 1 N–H and O–H groups in total. The van der Waals surface area contributed by atoms with Crippen LogP contribution in [0, 0.1) is 0 Å². The predicted octanol–water partition coefficient (Wildman–Crippen LogP) is 4.04. The highest BCUT2D eigenvalue weighted by atomic mass is 35.5. The molecule has 0 spiro atoms. The van der Waals surface area contributed by atoms with E-state index in [-0.39, 0.29) is 0 Å². The van der Waals surface area contributed by atoms with Crippen LogP contribution in [-0.4, -0.2) is 35.7 Å². The lowest BCUT2D eigenvalue weighted by Gasteiger charge is -2.33. The van der Waals surface area contributed by atoms with Crippen LogP contribution in [-0.2, 0) is 0 Å². The second-order valence-electron chi connectivity index (χ2n) is 5.80. The van der Waals surface area contributed by atoms with Gasteiger partial charge in [-0.05, 0) is 57.9 Å². The predicted molar refractivity (Wildman–Crippen MR) is 87.1 cm³/mol. The van der Waals surface area contributed by atoms with Gasteiger partial charge in [0.05, 0.1) is 12.7 Å². The van der Waals surface area contributed by atoms with Crippen LogP contribution in [0.1, 0.15) is 51.2 Å². The molecule has 1 aromatic rings. The molecule has 1 aliphatic heterocycles. The summed E-state index contributed by atoms with van der Waals surface area (Å²) in [5, 5.41) is 11.1. The summed E-state index contributed by atoms with van der Waals surface area (Å²) in [5.74, 6) is 0.737. The lowest BCUT2D eigenvalue weighted by atomic mass is 10.0. The number of benzene rings is 1. The molecule has 0 aromatic heterocycles. The van der Waals surface area contributed by atoms with E-state index in [1.54, 1.807) is 6.07 Å². The van der Waals surface area contributed by atoms with Crippen molar-refractivity contribution in [2.75, 3.05) is 19.7 Å². The highest BCUT2D eigenvalue weighted by Gasteiger charge is 2.20. The number of hydrogen-bond acceptors (Lipinski definition) is 3. The van der Waals surface area contributed by atoms with E-state index in [1.165, 1.54) is 19.3 Å². The summed E-state index contributed by atoms with van der Waals surface area (Å²) < 4.78 is 5.59. The summed E-state index contributed by atoms with van der Waals surface area (Å²) in [6, 6.07) is 6.08. The molecule has 1 heterocycles. The first-order valence-corrected chi connectivity index (χ1v) is 8.34. The van der Waals surface area contributed by atoms with Crippen LogP contribution in [0.3, 0.4) is 0 Å². The van der Waals surface area contributed by atoms with Crippen LogP contribution in [0.4, 0.5) is 0 Å². The molecule has 0 saturated carbocycles. The third-order valence-electron chi connectivity index (χ3n) is 4.26. The van der Waals surface area contributed by atoms with E-state index < -0.39 is 6.10 Å². The summed E-state index contributed by atoms with van der Waals surface area (Å²) in [6.07, 6.45) is 4.03. The average Bonchev–Trinajstić information content (AvgIpc) is 2.48. The molecule has 0 bridgehead atoms. The molecule has 0 amide bonds. The van der Waals surface area contributed by atoms with E-state index in [1.807, 2.05) is 19.1 Å². The van der Waals surface area contributed by atoms with Crippen molar-refractivity contribution >= 4 is 11.6 Å². The average molecular weight is 312 g/mol. The number of ether oxygens (including phenoxy) is 1. The van der Waals surface area contributed by atoms with E-state index >= 15 is 0 Å². The molecule has 4 heteroatoms. The Bertz CT molecular complexity index is 452. The normalized spacial score (nSPS) is 21.2. The Hall–Kier alpha value is -0.770. The number of piperidine rings is 1. The molecule has 1 fully saturated rings. The van der Waals surface area contributed by atoms with Crippen molar-refractivity contribution in [1.29, 1.82) is 0 Å². The molecular formula is C17H26ClNO2. The molecule has 118 valence electrons. The Labute approximate surface area is 132 Å². The van der Waals surface area contributed by atoms with Crippen LogP contribution < -0.4 is 4.74 Å². The van der Waals surface area contributed by atoms with Crippen LogP contribution in [0.2, 0.25) is 5.02 Å². The van der Waals surface area contributed by atoms with Crippen molar-refractivity contribution in [2.24, 2.45) is 0 Å². The number of aliphatic hydroxyl groups is 1. The first-order valence-electron chi connectivity index (χ1n) is 7.96. The summed E-state index contributed by atoms with van der Waals surface area (Å²) in [6.45, 7) is 6.86. The molecule has 0 radical (unpaired) electrons. The van der Waals surface area contributed by atoms with Crippen molar-refractivity contribution in [1.82, 2.24) is 4.90 Å². The zero-order chi connectivity index (χ0) is 15.2. The highest BCUT2D eigenvalue weighted by molar-refractivity contribution is 6.30. The maximum atomic E-state index is 10.5. The van der Waals surface area contributed by atoms with Gasteiger partial charge in [-0.2, -0.15) is 0 Å². The molecule has 1 aromatic carbocycles. The Morgan fingerprint density at radius 2 is 2.24 bits per heavy atom. The molecule has 3 nitrogen and oxygen atoms in total. The minimum Gasteiger partial charge on any atom is -0.493 e. The number of likely N-dealkylation sites (tertiary alicyclic amines) is 1. The minimum atomic E-state index is -0.528. The fourth-order valence-corrected chi connectivity index (χ4v) is 3.18. The Kier molecular flexibility index (Phi) is 6.34. The van der Waals surface area contributed by atoms with Crippen molar-refractivity contribution in [3.8, 4) is 5.75 Å². The maximum absolute atomic E-state index is 10.5. The highest BCUT2D eigenvalue weighted by Crippen LogP contribution is 2.31. The topological polar surface area (TPSA) is 32.7 Å². The SMILES string of the molecule is CCOc1ccc(Cl)cc1C(O)CCN1CCCCC1C. The first-order chi connectivity index (χ1) is 10.1. The molecule has 1 saturated heterocycles. The van der Waals surface area contributed by atoms with Crippen LogP contribution in [0.25, 0.3) is 0 Å². The number of hydrogen-bond donors (Lipinski definition) is 1. The van der Waals surface area contributed by atoms with Crippen molar-refractivity contribution < 1.29 is 9.84 Å². The molecular weight excluding hydrogens is 286 g/mol. The molecule has 0 aliphatic carbocycles. The number of nitrogens with zero attached hydrogens (tertiary/aromatic N) is 1. The molecule has 2 atom stereocenters. The zero-order valence-electron chi connectivity index (χ0n) is 13.0. The van der Waals surface area contributed by atoms with E-state index in [2.05, 4.69) is 11.8 Å². The van der Waals surface area contributed by atoms with E-state index in [4.69, 9.17) is 16.3 Å². The number of aliphatic hydroxyl groups excluding tert-OH is 1. The monoisotopic (exact) mass is 311 g/mol. The van der Waals surface area contributed by atoms with Crippen molar-refractivity contribution in [3.05, 3.63) is 28.8 Å². The molecule has 2 rings (SSSR count). The third-order valence-corrected chi connectivity index (χ3v) is 4.50. The Morgan fingerprint density at radius 3 is 2.95 bits per heavy atom. The summed E-state index contributed by atoms with van der Waals surface area (Å²) in [5.41, 5.74) is 0.800. The van der Waals surface area contributed by atoms with Gasteiger partial charge in [0, 0.05) is 23.2 Å². The lowest BCUT2D eigenvalue weighted by molar-refractivity contribution is 0.107. The van der Waals surface area contributed by atoms with Gasteiger partial charge in [-0.1, -0.05) is 18.0 Å². The van der Waals surface area contributed by atoms with Gasteiger partial charge in [0.15, 0.2) is 0 Å². The van der Waals surface area contributed by atoms with Gasteiger partial charge in [-0.15, -0.1) is 0 Å². The lowest BCUT2D eigenvalue weighted by Crippen LogP contribution is -2.38. The van der Waals surface area contributed by atoms with Crippen molar-refractivity contribution in [3.63, 3.8) is 0 Å². The van der Waals surface area contributed by atoms with Crippen LogP contribution >= 0.6 is 11.6 Å². The summed E-state index contributed by atoms with van der Waals surface area (Å²) in [4.78, 5) is 2.47. The van der Waals surface area contributed by atoms with E-state index in [9.17, 15) is 5.11 Å². The quantitative estimate of drug-likeness (QED) is 0.860. The summed E-state index contributed by atoms with van der Waals surface area (Å²) in [7, 11) is 0. The van der Waals surface area contributed by atoms with Gasteiger partial charge in [0.1, 0.15) is 5.75 Å². The first kappa shape index (κ1) is 16.6. The zero-order valence-corrected chi connectivity index (χ0v) is 13.8. The van der Waals surface area contributed by atoms with Crippen molar-refractivity contribution in [2.45, 2.75) is 51.7 Å². The maximum Gasteiger partial charge on any atom is 0.125 e. The van der Waals surface area contributed by atoms with Gasteiger partial charge in [0.25, 0.3) is 0 Å². The number of halogens is 1. The standard InChI is InChI=1S/C17H26ClNO2/c1-3-21-17-8-7-14(18)12-15(17)16(20)9-11-19-10-5-4-6-13(19)2/h7-8,12-13,16,20H,3-6,9-11H2,1-2H3. The summed E-state index contributed by atoms with van der Waals surface area (Å²) >= 11 is 6.06. The molecule has 1 aliphatic rings. The van der Waals surface area contributed by atoms with Gasteiger partial charge in [-0.3, -0.25) is 0 Å². The minimum absolute atomic E-state index is 0.528. The fraction of sp³-hybridized carbons (Fsp3) is 0.647. The van der Waals surface area contributed by atoms with Gasteiger partial charge in [-0.25, -0.2) is 0 Å². The van der Waals surface area contributed by atoms with E-state index in [0.717, 1.165) is 24.4 Å². The van der Waals surface area contributed by atoms with Gasteiger partial charge >= 0.3 is 0 Å². The second kappa shape index (κ2) is 8.02. The van der Waals surface area contributed by atoms with E-state index in [0.29, 0.717) is 24.1 Å². The molecule has 2 unspecified atom stereocenters. The molecule has 21 heavy (non-hydrogen) atoms. The second-order valence-corrected chi connectivity index (χ2v) is 6.24. The van der Waals surface area contributed by atoms with Crippen LogP contribution in [0.15, 0.2) is 18.2 Å². The smallest absolute Gasteiger partial charge is 0.125 e. The van der Waals surface area contributed by atoms with Gasteiger partial charge in [0.2, 0.25) is 0 Å². The third kappa shape index (κ3) is 4.60. The number of rotatable bonds is 6. The Balaban J connectivity index is 1.98. The van der Waals surface area contributed by atoms with Gasteiger partial charge < -0.3 is 14.7 Å². The fourth-order valence-electron chi connectivity index (χ4n) is 3.00. The van der Waals surface area contributed by atoms with Crippen LogP contribution in [0.5, 0.6) is 5.75 Å².